The molecule has 0 spiro atoms. The standard InChI is InChI=1S/C44H25N3O/c1-2-12-31-27-19-21-38-36(24-27)42-34(15-8-17-39(42)47(38)29-20-22-41-35(25-29)32-13-4-6-18-40(32)48-41)44-45-37-16-5-3-14-33(37)43(46-44)28-10-7-9-26(23-28)30(31)11-1/h1-25H. The molecular weight excluding hydrogens is 587 g/mol. The van der Waals surface area contributed by atoms with Crippen LogP contribution in [0.25, 0.3) is 104 Å². The van der Waals surface area contributed by atoms with Gasteiger partial charge in [-0.05, 0) is 76.1 Å². The zero-order chi connectivity index (χ0) is 31.3. The lowest BCUT2D eigenvalue weighted by Gasteiger charge is -2.09. The maximum atomic E-state index is 6.21. The van der Waals surface area contributed by atoms with Gasteiger partial charge in [0.05, 0.1) is 22.1 Å². The molecule has 0 aliphatic rings. The van der Waals surface area contributed by atoms with Crippen LogP contribution in [0.5, 0.6) is 0 Å². The maximum absolute atomic E-state index is 6.21. The molecule has 48 heavy (non-hydrogen) atoms. The molecule has 4 heterocycles. The molecule has 0 saturated heterocycles. The van der Waals surface area contributed by atoms with E-state index < -0.39 is 0 Å². The zero-order valence-electron chi connectivity index (χ0n) is 25.7. The molecule has 4 nitrogen and oxygen atoms in total. The van der Waals surface area contributed by atoms with Crippen LogP contribution in [0.2, 0.25) is 0 Å². The van der Waals surface area contributed by atoms with Crippen LogP contribution >= 0.6 is 0 Å². The largest absolute Gasteiger partial charge is 0.456 e. The molecule has 4 aromatic heterocycles. The van der Waals surface area contributed by atoms with E-state index in [0.29, 0.717) is 0 Å². The number of furan rings is 1. The molecule has 0 radical (unpaired) electrons. The summed E-state index contributed by atoms with van der Waals surface area (Å²) in [4.78, 5) is 10.6. The second-order valence-electron chi connectivity index (χ2n) is 12.6. The van der Waals surface area contributed by atoms with Gasteiger partial charge in [0, 0.05) is 43.4 Å². The van der Waals surface area contributed by atoms with Crippen LogP contribution in [-0.2, 0) is 0 Å². The van der Waals surface area contributed by atoms with Crippen LogP contribution < -0.4 is 0 Å². The Balaban J connectivity index is 1.39. The maximum Gasteiger partial charge on any atom is 0.161 e. The highest BCUT2D eigenvalue weighted by Gasteiger charge is 2.18. The first kappa shape index (κ1) is 25.6. The predicted molar refractivity (Wildman–Crippen MR) is 200 cm³/mol. The molecule has 6 bridgehead atoms. The van der Waals surface area contributed by atoms with Crippen LogP contribution in [0.15, 0.2) is 156 Å². The summed E-state index contributed by atoms with van der Waals surface area (Å²) >= 11 is 0. The lowest BCUT2D eigenvalue weighted by molar-refractivity contribution is 0.669. The van der Waals surface area contributed by atoms with Crippen molar-refractivity contribution >= 4 is 98.1 Å². The van der Waals surface area contributed by atoms with Crippen LogP contribution in [0.1, 0.15) is 0 Å². The molecule has 0 unspecified atom stereocenters. The van der Waals surface area contributed by atoms with Crippen molar-refractivity contribution in [3.05, 3.63) is 152 Å². The molecular formula is C44H25N3O. The van der Waals surface area contributed by atoms with Gasteiger partial charge >= 0.3 is 0 Å². The van der Waals surface area contributed by atoms with Crippen LogP contribution in [0.4, 0.5) is 0 Å². The number of rotatable bonds is 1. The molecule has 0 aliphatic carbocycles. The highest BCUT2D eigenvalue weighted by molar-refractivity contribution is 6.23. The smallest absolute Gasteiger partial charge is 0.161 e. The van der Waals surface area contributed by atoms with Gasteiger partial charge in [0.1, 0.15) is 11.2 Å². The number of hydrogen-bond donors (Lipinski definition) is 0. The zero-order valence-corrected chi connectivity index (χ0v) is 25.7. The second-order valence-corrected chi connectivity index (χ2v) is 12.6. The van der Waals surface area contributed by atoms with Gasteiger partial charge in [0.2, 0.25) is 0 Å². The molecule has 7 aromatic carbocycles. The van der Waals surface area contributed by atoms with Crippen molar-refractivity contribution < 1.29 is 4.42 Å². The van der Waals surface area contributed by atoms with Crippen LogP contribution in [0, 0.1) is 0 Å². The Morgan fingerprint density at radius 1 is 0.417 bits per heavy atom. The molecule has 0 fully saturated rings. The molecule has 4 heteroatoms. The highest BCUT2D eigenvalue weighted by atomic mass is 16.3. The number of para-hydroxylation sites is 2. The Morgan fingerprint density at radius 3 is 2.02 bits per heavy atom. The minimum atomic E-state index is 0.720. The molecule has 0 saturated carbocycles. The first-order valence-corrected chi connectivity index (χ1v) is 16.2. The summed E-state index contributed by atoms with van der Waals surface area (Å²) in [5, 5.41) is 12.4. The van der Waals surface area contributed by atoms with E-state index in [-0.39, 0.29) is 0 Å². The average Bonchev–Trinajstić information content (AvgIpc) is 3.69. The van der Waals surface area contributed by atoms with Crippen molar-refractivity contribution in [2.75, 3.05) is 0 Å². The van der Waals surface area contributed by atoms with Gasteiger partial charge in [-0.3, -0.25) is 0 Å². The van der Waals surface area contributed by atoms with Gasteiger partial charge in [0.15, 0.2) is 5.65 Å². The SMILES string of the molecule is c1cc2cc(c1)c1nc(nc3ccccc31)c1cccc3c1c1cc(ccc1n3-c1ccc3oc4ccccc4c3c1)c1ccccc21. The fourth-order valence-corrected chi connectivity index (χ4v) is 7.79. The van der Waals surface area contributed by atoms with Crippen molar-refractivity contribution in [3.8, 4) is 5.69 Å². The molecule has 222 valence electrons. The van der Waals surface area contributed by atoms with Crippen molar-refractivity contribution in [1.29, 1.82) is 0 Å². The van der Waals surface area contributed by atoms with Crippen molar-refractivity contribution in [2.24, 2.45) is 0 Å². The Morgan fingerprint density at radius 2 is 1.12 bits per heavy atom. The Labute approximate surface area is 273 Å². The van der Waals surface area contributed by atoms with Crippen molar-refractivity contribution in [2.45, 2.75) is 0 Å². The minimum absolute atomic E-state index is 0.720. The third-order valence-electron chi connectivity index (χ3n) is 9.94. The average molecular weight is 612 g/mol. The third-order valence-corrected chi connectivity index (χ3v) is 9.94. The summed E-state index contributed by atoms with van der Waals surface area (Å²) in [5.41, 5.74) is 7.68. The van der Waals surface area contributed by atoms with Gasteiger partial charge in [-0.2, -0.15) is 0 Å². The lowest BCUT2D eigenvalue weighted by atomic mass is 10.0. The Hall–Kier alpha value is -6.52. The number of fused-ring (bicyclic) bond motifs is 15. The van der Waals surface area contributed by atoms with E-state index in [1.807, 2.05) is 12.1 Å². The summed E-state index contributed by atoms with van der Waals surface area (Å²) in [6.07, 6.45) is 0. The van der Waals surface area contributed by atoms with Gasteiger partial charge < -0.3 is 8.98 Å². The summed E-state index contributed by atoms with van der Waals surface area (Å²) in [6.45, 7) is 0. The normalized spacial score (nSPS) is 12.2. The first-order chi connectivity index (χ1) is 23.8. The van der Waals surface area contributed by atoms with Crippen molar-refractivity contribution in [1.82, 2.24) is 14.5 Å². The molecule has 0 atom stereocenters. The van der Waals surface area contributed by atoms with Gasteiger partial charge in [-0.15, -0.1) is 0 Å². The van der Waals surface area contributed by atoms with E-state index >= 15 is 0 Å². The van der Waals surface area contributed by atoms with Gasteiger partial charge in [0.25, 0.3) is 0 Å². The van der Waals surface area contributed by atoms with E-state index in [1.165, 1.54) is 16.2 Å². The number of nitrogens with zero attached hydrogens (tertiary/aromatic N) is 3. The topological polar surface area (TPSA) is 43.9 Å². The predicted octanol–water partition coefficient (Wildman–Crippen LogP) is 11.8. The molecule has 0 amide bonds. The summed E-state index contributed by atoms with van der Waals surface area (Å²) in [5.74, 6) is 0. The minimum Gasteiger partial charge on any atom is -0.456 e. The summed E-state index contributed by atoms with van der Waals surface area (Å²) in [6, 6.07) is 54.0. The van der Waals surface area contributed by atoms with E-state index in [9.17, 15) is 0 Å². The van der Waals surface area contributed by atoms with E-state index in [0.717, 1.165) is 87.7 Å². The van der Waals surface area contributed by atoms with E-state index in [4.69, 9.17) is 14.4 Å². The quantitative estimate of drug-likeness (QED) is 0.185. The third kappa shape index (κ3) is 3.54. The fourth-order valence-electron chi connectivity index (χ4n) is 7.79. The second kappa shape index (κ2) is 9.50. The monoisotopic (exact) mass is 611 g/mol. The number of aromatic nitrogens is 3. The summed E-state index contributed by atoms with van der Waals surface area (Å²) in [7, 11) is 0. The van der Waals surface area contributed by atoms with Crippen molar-refractivity contribution in [3.63, 3.8) is 0 Å². The molecule has 11 rings (SSSR count). The van der Waals surface area contributed by atoms with Crippen LogP contribution in [0.3, 0.4) is 0 Å². The number of hydrogen-bond acceptors (Lipinski definition) is 3. The molecule has 11 aromatic rings. The van der Waals surface area contributed by atoms with E-state index in [1.54, 1.807) is 0 Å². The lowest BCUT2D eigenvalue weighted by Crippen LogP contribution is -1.93. The Kier molecular flexibility index (Phi) is 5.08. The molecule has 0 aliphatic heterocycles. The van der Waals surface area contributed by atoms with Crippen LogP contribution in [-0.4, -0.2) is 14.5 Å². The summed E-state index contributed by atoms with van der Waals surface area (Å²) < 4.78 is 8.58. The molecule has 0 N–H and O–H groups in total. The number of benzene rings is 7. The fraction of sp³-hybridized carbons (Fsp3) is 0. The van der Waals surface area contributed by atoms with Gasteiger partial charge in [-0.25, -0.2) is 9.97 Å². The Bertz CT molecular complexity index is 3190. The van der Waals surface area contributed by atoms with E-state index in [2.05, 4.69) is 144 Å². The highest BCUT2D eigenvalue weighted by Crippen LogP contribution is 2.39. The van der Waals surface area contributed by atoms with Gasteiger partial charge in [-0.1, -0.05) is 97.1 Å². The first-order valence-electron chi connectivity index (χ1n) is 16.2.